The number of aryl methyl sites for hydroxylation is 2. The Morgan fingerprint density at radius 2 is 1.90 bits per heavy atom. The van der Waals surface area contributed by atoms with Crippen LogP contribution in [-0.4, -0.2) is 23.3 Å². The number of amides is 2. The lowest BCUT2D eigenvalue weighted by Gasteiger charge is -2.17. The predicted molar refractivity (Wildman–Crippen MR) is 122 cm³/mol. The number of benzene rings is 2. The Kier molecular flexibility index (Phi) is 5.68. The van der Waals surface area contributed by atoms with Gasteiger partial charge in [0.05, 0.1) is 5.69 Å². The average molecular weight is 420 g/mol. The number of hydrogen-bond donors (Lipinski definition) is 1. The van der Waals surface area contributed by atoms with Gasteiger partial charge in [0.15, 0.2) is 5.13 Å². The highest BCUT2D eigenvalue weighted by molar-refractivity contribution is 7.16. The molecule has 0 saturated carbocycles. The van der Waals surface area contributed by atoms with Crippen molar-refractivity contribution in [1.29, 1.82) is 0 Å². The highest BCUT2D eigenvalue weighted by atomic mass is 32.1. The molecule has 1 aliphatic rings. The molecule has 6 heteroatoms. The zero-order valence-electron chi connectivity index (χ0n) is 17.5. The summed E-state index contributed by atoms with van der Waals surface area (Å²) in [5, 5.41) is 3.50. The second-order valence-corrected chi connectivity index (χ2v) is 8.84. The van der Waals surface area contributed by atoms with Gasteiger partial charge in [-0.05, 0) is 56.5 Å². The van der Waals surface area contributed by atoms with Crippen LogP contribution in [-0.2, 0) is 11.2 Å². The number of nitrogens with one attached hydrogen (secondary N) is 1. The third-order valence-electron chi connectivity index (χ3n) is 5.34. The Labute approximate surface area is 180 Å². The molecule has 1 aromatic heterocycles. The van der Waals surface area contributed by atoms with E-state index < -0.39 is 0 Å². The van der Waals surface area contributed by atoms with Gasteiger partial charge in [-0.25, -0.2) is 4.98 Å². The van der Waals surface area contributed by atoms with Gasteiger partial charge in [-0.3, -0.25) is 14.9 Å². The molecule has 0 spiro atoms. The van der Waals surface area contributed by atoms with Gasteiger partial charge in [0.2, 0.25) is 5.91 Å². The van der Waals surface area contributed by atoms with Crippen molar-refractivity contribution in [2.45, 2.75) is 40.0 Å². The zero-order chi connectivity index (χ0) is 21.3. The summed E-state index contributed by atoms with van der Waals surface area (Å²) in [6.45, 7) is 6.77. The monoisotopic (exact) mass is 419 g/mol. The van der Waals surface area contributed by atoms with Crippen molar-refractivity contribution in [2.75, 3.05) is 16.8 Å². The van der Waals surface area contributed by atoms with Crippen LogP contribution < -0.4 is 10.2 Å². The summed E-state index contributed by atoms with van der Waals surface area (Å²) in [6.07, 6.45) is 2.30. The Morgan fingerprint density at radius 1 is 1.13 bits per heavy atom. The Hall–Kier alpha value is -2.99. The first kappa shape index (κ1) is 20.3. The summed E-state index contributed by atoms with van der Waals surface area (Å²) < 4.78 is 0. The molecule has 2 heterocycles. The van der Waals surface area contributed by atoms with E-state index in [1.807, 2.05) is 62.1 Å². The lowest BCUT2D eigenvalue weighted by Crippen LogP contribution is -2.28. The number of fused-ring (bicyclic) bond motifs is 1. The van der Waals surface area contributed by atoms with Gasteiger partial charge >= 0.3 is 0 Å². The topological polar surface area (TPSA) is 62.3 Å². The minimum Gasteiger partial charge on any atom is -0.312 e. The molecule has 2 amide bonds. The van der Waals surface area contributed by atoms with Crippen LogP contribution in [0.4, 0.5) is 10.8 Å². The second-order valence-electron chi connectivity index (χ2n) is 7.63. The van der Waals surface area contributed by atoms with Gasteiger partial charge in [-0.15, -0.1) is 11.3 Å². The van der Waals surface area contributed by atoms with E-state index in [-0.39, 0.29) is 11.8 Å². The second kappa shape index (κ2) is 8.40. The molecule has 0 unspecified atom stereocenters. The van der Waals surface area contributed by atoms with Crippen molar-refractivity contribution in [3.05, 3.63) is 64.0 Å². The Morgan fingerprint density at radius 3 is 2.63 bits per heavy atom. The van der Waals surface area contributed by atoms with Crippen LogP contribution in [0.2, 0.25) is 0 Å². The van der Waals surface area contributed by atoms with Crippen molar-refractivity contribution in [2.24, 2.45) is 0 Å². The molecule has 0 aliphatic carbocycles. The molecule has 0 fully saturated rings. The molecule has 2 aromatic carbocycles. The molecule has 0 bridgehead atoms. The van der Waals surface area contributed by atoms with Gasteiger partial charge in [0.25, 0.3) is 5.91 Å². The molecule has 5 nitrogen and oxygen atoms in total. The van der Waals surface area contributed by atoms with Gasteiger partial charge < -0.3 is 4.90 Å². The fourth-order valence-electron chi connectivity index (χ4n) is 3.75. The minimum atomic E-state index is -0.158. The summed E-state index contributed by atoms with van der Waals surface area (Å²) >= 11 is 1.47. The lowest BCUT2D eigenvalue weighted by molar-refractivity contribution is -0.118. The highest BCUT2D eigenvalue weighted by Crippen LogP contribution is 2.36. The minimum absolute atomic E-state index is 0.158. The van der Waals surface area contributed by atoms with Crippen molar-refractivity contribution in [3.8, 4) is 11.3 Å². The fourth-order valence-corrected chi connectivity index (χ4v) is 4.58. The standard InChI is InChI=1S/C24H25N3O2S/c1-4-5-21(28)27-13-12-18-14-19(10-11-20(18)27)22-16(3)30-24(25-22)26-23(29)17-8-6-15(2)7-9-17/h6-11,14H,4-5,12-13H2,1-3H3,(H,25,26,29). The van der Waals surface area contributed by atoms with Gasteiger partial charge in [0, 0.05) is 34.7 Å². The number of thiazole rings is 1. The van der Waals surface area contributed by atoms with E-state index in [1.165, 1.54) is 16.9 Å². The maximum atomic E-state index is 12.5. The quantitative estimate of drug-likeness (QED) is 0.605. The number of aromatic nitrogens is 1. The molecule has 0 radical (unpaired) electrons. The van der Waals surface area contributed by atoms with Crippen molar-refractivity contribution in [1.82, 2.24) is 4.98 Å². The molecular formula is C24H25N3O2S. The SMILES string of the molecule is CCCC(=O)N1CCc2cc(-c3nc(NC(=O)c4ccc(C)cc4)sc3C)ccc21. The van der Waals surface area contributed by atoms with Crippen LogP contribution in [0.3, 0.4) is 0 Å². The first-order valence-corrected chi connectivity index (χ1v) is 11.1. The van der Waals surface area contributed by atoms with E-state index in [4.69, 9.17) is 0 Å². The maximum Gasteiger partial charge on any atom is 0.257 e. The van der Waals surface area contributed by atoms with E-state index in [1.54, 1.807) is 0 Å². The number of hydrogen-bond acceptors (Lipinski definition) is 4. The summed E-state index contributed by atoms with van der Waals surface area (Å²) in [7, 11) is 0. The number of rotatable bonds is 5. The van der Waals surface area contributed by atoms with Crippen LogP contribution in [0, 0.1) is 13.8 Å². The Bertz CT molecular complexity index is 1100. The van der Waals surface area contributed by atoms with Crippen molar-refractivity contribution < 1.29 is 9.59 Å². The van der Waals surface area contributed by atoms with E-state index >= 15 is 0 Å². The largest absolute Gasteiger partial charge is 0.312 e. The van der Waals surface area contributed by atoms with Gasteiger partial charge in [-0.1, -0.05) is 30.7 Å². The highest BCUT2D eigenvalue weighted by Gasteiger charge is 2.25. The molecule has 3 aromatic rings. The smallest absolute Gasteiger partial charge is 0.257 e. The maximum absolute atomic E-state index is 12.5. The summed E-state index contributed by atoms with van der Waals surface area (Å²) in [4.78, 5) is 32.5. The summed E-state index contributed by atoms with van der Waals surface area (Å²) in [5.74, 6) is 0.0317. The van der Waals surface area contributed by atoms with Gasteiger partial charge in [-0.2, -0.15) is 0 Å². The van der Waals surface area contributed by atoms with Gasteiger partial charge in [0.1, 0.15) is 0 Å². The zero-order valence-corrected chi connectivity index (χ0v) is 18.3. The van der Waals surface area contributed by atoms with Crippen LogP contribution in [0.1, 0.15) is 46.1 Å². The van der Waals surface area contributed by atoms with Crippen molar-refractivity contribution >= 4 is 34.0 Å². The van der Waals surface area contributed by atoms with E-state index in [0.29, 0.717) is 17.1 Å². The first-order valence-electron chi connectivity index (χ1n) is 10.3. The lowest BCUT2D eigenvalue weighted by atomic mass is 10.1. The predicted octanol–water partition coefficient (Wildman–Crippen LogP) is 5.37. The van der Waals surface area contributed by atoms with E-state index in [0.717, 1.165) is 46.8 Å². The number of carbonyl (C=O) groups excluding carboxylic acids is 2. The molecule has 30 heavy (non-hydrogen) atoms. The van der Waals surface area contributed by atoms with Crippen LogP contribution in [0.5, 0.6) is 0 Å². The van der Waals surface area contributed by atoms with Crippen LogP contribution in [0.15, 0.2) is 42.5 Å². The molecule has 0 atom stereocenters. The first-order chi connectivity index (χ1) is 14.5. The number of carbonyl (C=O) groups is 2. The van der Waals surface area contributed by atoms with Crippen LogP contribution in [0.25, 0.3) is 11.3 Å². The molecule has 1 N–H and O–H groups in total. The molecule has 1 aliphatic heterocycles. The Balaban J connectivity index is 1.54. The van der Waals surface area contributed by atoms with E-state index in [2.05, 4.69) is 16.4 Å². The third-order valence-corrected chi connectivity index (χ3v) is 6.23. The third kappa shape index (κ3) is 4.00. The number of nitrogens with zero attached hydrogens (tertiary/aromatic N) is 2. The molecule has 0 saturated heterocycles. The van der Waals surface area contributed by atoms with E-state index in [9.17, 15) is 9.59 Å². The molecule has 4 rings (SSSR count). The normalized spacial score (nSPS) is 12.7. The summed E-state index contributed by atoms with van der Waals surface area (Å²) in [5.41, 5.74) is 5.81. The summed E-state index contributed by atoms with van der Waals surface area (Å²) in [6, 6.07) is 13.6. The molecular weight excluding hydrogens is 394 g/mol. The number of anilines is 2. The van der Waals surface area contributed by atoms with Crippen LogP contribution >= 0.6 is 11.3 Å². The molecule has 154 valence electrons. The fraction of sp³-hybridized carbons (Fsp3) is 0.292. The van der Waals surface area contributed by atoms with Crippen molar-refractivity contribution in [3.63, 3.8) is 0 Å². The average Bonchev–Trinajstić information content (AvgIpc) is 3.31.